The first kappa shape index (κ1) is 13.1. The Morgan fingerprint density at radius 3 is 2.76 bits per heavy atom. The molecule has 0 aliphatic carbocycles. The number of rotatable bonds is 5. The minimum Gasteiger partial charge on any atom is -0.308 e. The zero-order valence-corrected chi connectivity index (χ0v) is 11.9. The van der Waals surface area contributed by atoms with Crippen LogP contribution in [0.15, 0.2) is 11.4 Å². The molecular weight excluding hydrogens is 228 g/mol. The van der Waals surface area contributed by atoms with Crippen LogP contribution < -0.4 is 5.32 Å². The molecule has 2 heterocycles. The van der Waals surface area contributed by atoms with Gasteiger partial charge < -0.3 is 10.2 Å². The minimum absolute atomic E-state index is 0.592. The summed E-state index contributed by atoms with van der Waals surface area (Å²) in [6.45, 7) is 9.32. The van der Waals surface area contributed by atoms with Gasteiger partial charge >= 0.3 is 0 Å². The maximum Gasteiger partial charge on any atom is 0.0305 e. The molecule has 0 aromatic carbocycles. The number of piperidine rings is 1. The SMILES string of the molecule is Cc1ccsc1CNC(C)CN1CCCCC1. The molecule has 1 fully saturated rings. The van der Waals surface area contributed by atoms with E-state index in [1.807, 2.05) is 11.3 Å². The Hall–Kier alpha value is -0.380. The maximum absolute atomic E-state index is 3.64. The molecule has 1 aliphatic rings. The smallest absolute Gasteiger partial charge is 0.0305 e. The molecule has 3 heteroatoms. The van der Waals surface area contributed by atoms with Gasteiger partial charge in [0, 0.05) is 24.0 Å². The highest BCUT2D eigenvalue weighted by atomic mass is 32.1. The Labute approximate surface area is 109 Å². The van der Waals surface area contributed by atoms with Gasteiger partial charge in [-0.1, -0.05) is 6.42 Å². The lowest BCUT2D eigenvalue weighted by Crippen LogP contribution is -2.41. The fourth-order valence-corrected chi connectivity index (χ4v) is 3.30. The molecule has 2 nitrogen and oxygen atoms in total. The molecule has 0 amide bonds. The van der Waals surface area contributed by atoms with Gasteiger partial charge in [0.2, 0.25) is 0 Å². The first-order valence-corrected chi connectivity index (χ1v) is 7.62. The standard InChI is InChI=1S/C14H24N2S/c1-12-6-9-17-14(12)10-15-13(2)11-16-7-4-3-5-8-16/h6,9,13,15H,3-5,7-8,10-11H2,1-2H3. The maximum atomic E-state index is 3.64. The van der Waals surface area contributed by atoms with E-state index in [0.717, 1.165) is 6.54 Å². The van der Waals surface area contributed by atoms with Crippen LogP contribution in [0.5, 0.6) is 0 Å². The molecule has 1 aromatic heterocycles. The molecule has 1 unspecified atom stereocenters. The van der Waals surface area contributed by atoms with Crippen molar-refractivity contribution in [2.24, 2.45) is 0 Å². The summed E-state index contributed by atoms with van der Waals surface area (Å²) in [6.07, 6.45) is 4.19. The minimum atomic E-state index is 0.592. The third-order valence-electron chi connectivity index (χ3n) is 3.56. The summed E-state index contributed by atoms with van der Waals surface area (Å²) < 4.78 is 0. The quantitative estimate of drug-likeness (QED) is 0.866. The monoisotopic (exact) mass is 252 g/mol. The second-order valence-corrected chi connectivity index (χ2v) is 6.17. The average molecular weight is 252 g/mol. The summed E-state index contributed by atoms with van der Waals surface area (Å²) in [7, 11) is 0. The van der Waals surface area contributed by atoms with Gasteiger partial charge in [-0.3, -0.25) is 0 Å². The van der Waals surface area contributed by atoms with Crippen LogP contribution in [0.2, 0.25) is 0 Å². The highest BCUT2D eigenvalue weighted by Gasteiger charge is 2.13. The third kappa shape index (κ3) is 4.09. The highest BCUT2D eigenvalue weighted by Crippen LogP contribution is 2.15. The second kappa shape index (κ2) is 6.53. The molecule has 17 heavy (non-hydrogen) atoms. The van der Waals surface area contributed by atoms with Crippen molar-refractivity contribution >= 4 is 11.3 Å². The van der Waals surface area contributed by atoms with E-state index in [9.17, 15) is 0 Å². The van der Waals surface area contributed by atoms with Gasteiger partial charge in [0.25, 0.3) is 0 Å². The van der Waals surface area contributed by atoms with Gasteiger partial charge in [-0.25, -0.2) is 0 Å². The zero-order chi connectivity index (χ0) is 12.1. The molecule has 1 aliphatic heterocycles. The molecule has 96 valence electrons. The highest BCUT2D eigenvalue weighted by molar-refractivity contribution is 7.10. The van der Waals surface area contributed by atoms with Crippen LogP contribution in [0, 0.1) is 6.92 Å². The fourth-order valence-electron chi connectivity index (χ4n) is 2.45. The van der Waals surface area contributed by atoms with E-state index in [1.165, 1.54) is 49.3 Å². The van der Waals surface area contributed by atoms with Crippen LogP contribution in [0.4, 0.5) is 0 Å². The summed E-state index contributed by atoms with van der Waals surface area (Å²) in [5.41, 5.74) is 1.42. The normalized spacial score (nSPS) is 19.4. The first-order chi connectivity index (χ1) is 8.25. The second-order valence-electron chi connectivity index (χ2n) is 5.17. The largest absolute Gasteiger partial charge is 0.308 e. The van der Waals surface area contributed by atoms with E-state index in [-0.39, 0.29) is 0 Å². The van der Waals surface area contributed by atoms with Crippen LogP contribution in [-0.2, 0) is 6.54 Å². The van der Waals surface area contributed by atoms with E-state index in [2.05, 4.69) is 35.5 Å². The Balaban J connectivity index is 1.70. The van der Waals surface area contributed by atoms with Crippen LogP contribution in [0.25, 0.3) is 0 Å². The lowest BCUT2D eigenvalue weighted by atomic mass is 10.1. The van der Waals surface area contributed by atoms with E-state index < -0.39 is 0 Å². The Kier molecular flexibility index (Phi) is 5.01. The molecule has 0 spiro atoms. The molecular formula is C14H24N2S. The molecule has 1 N–H and O–H groups in total. The van der Waals surface area contributed by atoms with E-state index in [1.54, 1.807) is 0 Å². The van der Waals surface area contributed by atoms with Crippen LogP contribution in [-0.4, -0.2) is 30.6 Å². The Bertz CT molecular complexity index is 329. The number of likely N-dealkylation sites (tertiary alicyclic amines) is 1. The lowest BCUT2D eigenvalue weighted by Gasteiger charge is -2.29. The topological polar surface area (TPSA) is 15.3 Å². The molecule has 0 saturated carbocycles. The molecule has 1 saturated heterocycles. The average Bonchev–Trinajstić information content (AvgIpc) is 2.74. The van der Waals surface area contributed by atoms with Crippen molar-refractivity contribution in [1.82, 2.24) is 10.2 Å². The third-order valence-corrected chi connectivity index (χ3v) is 4.58. The lowest BCUT2D eigenvalue weighted by molar-refractivity contribution is 0.209. The Morgan fingerprint density at radius 2 is 2.12 bits per heavy atom. The van der Waals surface area contributed by atoms with Crippen LogP contribution >= 0.6 is 11.3 Å². The Morgan fingerprint density at radius 1 is 1.35 bits per heavy atom. The molecule has 1 atom stereocenters. The van der Waals surface area contributed by atoms with Crippen molar-refractivity contribution in [2.45, 2.75) is 45.7 Å². The van der Waals surface area contributed by atoms with E-state index >= 15 is 0 Å². The van der Waals surface area contributed by atoms with E-state index in [4.69, 9.17) is 0 Å². The molecule has 1 aromatic rings. The van der Waals surface area contributed by atoms with Crippen LogP contribution in [0.1, 0.15) is 36.6 Å². The summed E-state index contributed by atoms with van der Waals surface area (Å²) in [5, 5.41) is 5.82. The first-order valence-electron chi connectivity index (χ1n) is 6.74. The van der Waals surface area contributed by atoms with Gasteiger partial charge in [-0.2, -0.15) is 0 Å². The molecule has 2 rings (SSSR count). The van der Waals surface area contributed by atoms with Gasteiger partial charge in [-0.05, 0) is 56.8 Å². The number of aryl methyl sites for hydroxylation is 1. The number of nitrogens with one attached hydrogen (secondary N) is 1. The van der Waals surface area contributed by atoms with Gasteiger partial charge in [0.1, 0.15) is 0 Å². The van der Waals surface area contributed by atoms with Crippen molar-refractivity contribution in [3.05, 3.63) is 21.9 Å². The summed E-state index contributed by atoms with van der Waals surface area (Å²) in [5.74, 6) is 0. The van der Waals surface area contributed by atoms with Gasteiger partial charge in [-0.15, -0.1) is 11.3 Å². The van der Waals surface area contributed by atoms with Crippen molar-refractivity contribution < 1.29 is 0 Å². The summed E-state index contributed by atoms with van der Waals surface area (Å²) in [4.78, 5) is 4.08. The molecule has 0 radical (unpaired) electrons. The molecule has 0 bridgehead atoms. The number of hydrogen-bond donors (Lipinski definition) is 1. The van der Waals surface area contributed by atoms with Crippen molar-refractivity contribution in [2.75, 3.05) is 19.6 Å². The predicted molar refractivity (Wildman–Crippen MR) is 75.6 cm³/mol. The summed E-state index contributed by atoms with van der Waals surface area (Å²) in [6, 6.07) is 2.80. The number of hydrogen-bond acceptors (Lipinski definition) is 3. The predicted octanol–water partition coefficient (Wildman–Crippen LogP) is 3.02. The van der Waals surface area contributed by atoms with E-state index in [0.29, 0.717) is 6.04 Å². The van der Waals surface area contributed by atoms with Gasteiger partial charge in [0.15, 0.2) is 0 Å². The number of thiophene rings is 1. The van der Waals surface area contributed by atoms with Crippen molar-refractivity contribution in [3.8, 4) is 0 Å². The van der Waals surface area contributed by atoms with Crippen molar-refractivity contribution in [3.63, 3.8) is 0 Å². The fraction of sp³-hybridized carbons (Fsp3) is 0.714. The zero-order valence-electron chi connectivity index (χ0n) is 11.0. The number of nitrogens with zero attached hydrogens (tertiary/aromatic N) is 1. The van der Waals surface area contributed by atoms with Crippen LogP contribution in [0.3, 0.4) is 0 Å². The summed E-state index contributed by atoms with van der Waals surface area (Å²) >= 11 is 1.86. The van der Waals surface area contributed by atoms with Gasteiger partial charge in [0.05, 0.1) is 0 Å². The van der Waals surface area contributed by atoms with Crippen molar-refractivity contribution in [1.29, 1.82) is 0 Å².